The standard InChI is InChI=1S/C5H11NO2S.Ag/c1-9-3-2-4(6)5(7)8;/h4H,2-3,6H2,1H3,(H,7,8);/t4-;/m0./s1. The van der Waals surface area contributed by atoms with E-state index in [1.807, 2.05) is 6.26 Å². The van der Waals surface area contributed by atoms with E-state index < -0.39 is 12.0 Å². The maximum Gasteiger partial charge on any atom is 0.320 e. The molecule has 0 unspecified atom stereocenters. The van der Waals surface area contributed by atoms with Gasteiger partial charge in [-0.2, -0.15) is 11.8 Å². The third-order valence-corrected chi connectivity index (χ3v) is 1.59. The number of carboxylic acids is 1. The molecule has 0 fully saturated rings. The van der Waals surface area contributed by atoms with E-state index in [0.717, 1.165) is 5.75 Å². The second-order valence-electron chi connectivity index (χ2n) is 1.73. The van der Waals surface area contributed by atoms with Crippen LogP contribution in [0.15, 0.2) is 0 Å². The average molecular weight is 257 g/mol. The maximum absolute atomic E-state index is 10.1. The molecule has 0 aromatic rings. The van der Waals surface area contributed by atoms with Crippen LogP contribution in [0.5, 0.6) is 0 Å². The van der Waals surface area contributed by atoms with Crippen molar-refractivity contribution < 1.29 is 32.3 Å². The van der Waals surface area contributed by atoms with Gasteiger partial charge in [0, 0.05) is 22.4 Å². The predicted molar refractivity (Wildman–Crippen MR) is 38.6 cm³/mol. The number of thioether (sulfide) groups is 1. The van der Waals surface area contributed by atoms with Gasteiger partial charge >= 0.3 is 5.97 Å². The molecule has 0 aliphatic heterocycles. The molecular formula is C5H11AgNO2S. The van der Waals surface area contributed by atoms with Crippen LogP contribution in [0, 0.1) is 0 Å². The van der Waals surface area contributed by atoms with Gasteiger partial charge in [0.25, 0.3) is 0 Å². The number of hydrogen-bond donors (Lipinski definition) is 2. The minimum atomic E-state index is -0.913. The molecule has 3 nitrogen and oxygen atoms in total. The van der Waals surface area contributed by atoms with Crippen LogP contribution >= 0.6 is 11.8 Å². The van der Waals surface area contributed by atoms with E-state index in [9.17, 15) is 4.79 Å². The molecule has 0 spiro atoms. The summed E-state index contributed by atoms with van der Waals surface area (Å²) in [5.74, 6) is -0.1000. The van der Waals surface area contributed by atoms with Gasteiger partial charge in [-0.05, 0) is 18.4 Å². The van der Waals surface area contributed by atoms with Gasteiger partial charge in [0.05, 0.1) is 0 Å². The first-order valence-corrected chi connectivity index (χ1v) is 4.05. The molecule has 0 aliphatic rings. The minimum absolute atomic E-state index is 0. The summed E-state index contributed by atoms with van der Waals surface area (Å²) >= 11 is 1.60. The monoisotopic (exact) mass is 256 g/mol. The molecule has 0 saturated carbocycles. The molecule has 0 amide bonds. The van der Waals surface area contributed by atoms with Crippen LogP contribution in [0.1, 0.15) is 6.42 Å². The van der Waals surface area contributed by atoms with Crippen molar-refractivity contribution in [3.63, 3.8) is 0 Å². The number of hydrogen-bond acceptors (Lipinski definition) is 3. The molecule has 0 saturated heterocycles. The molecule has 1 atom stereocenters. The van der Waals surface area contributed by atoms with Crippen molar-refractivity contribution in [2.45, 2.75) is 12.5 Å². The van der Waals surface area contributed by atoms with Crippen LogP contribution in [0.25, 0.3) is 0 Å². The Kier molecular flexibility index (Phi) is 10.0. The fourth-order valence-corrected chi connectivity index (χ4v) is 0.858. The summed E-state index contributed by atoms with van der Waals surface area (Å²) < 4.78 is 0. The van der Waals surface area contributed by atoms with E-state index in [1.165, 1.54) is 0 Å². The molecule has 65 valence electrons. The molecule has 5 heteroatoms. The van der Waals surface area contributed by atoms with Crippen LogP contribution < -0.4 is 5.73 Å². The van der Waals surface area contributed by atoms with E-state index in [0.29, 0.717) is 6.42 Å². The summed E-state index contributed by atoms with van der Waals surface area (Å²) in [6.45, 7) is 0. The predicted octanol–water partition coefficient (Wildman–Crippen LogP) is 0.149. The quantitative estimate of drug-likeness (QED) is 0.704. The summed E-state index contributed by atoms with van der Waals surface area (Å²) in [5, 5.41) is 8.27. The van der Waals surface area contributed by atoms with Crippen LogP contribution in [-0.2, 0) is 27.2 Å². The zero-order valence-corrected chi connectivity index (χ0v) is 7.93. The van der Waals surface area contributed by atoms with Gasteiger partial charge in [-0.25, -0.2) is 0 Å². The van der Waals surface area contributed by atoms with Gasteiger partial charge in [0.1, 0.15) is 6.04 Å². The molecule has 0 aliphatic carbocycles. The van der Waals surface area contributed by atoms with E-state index in [1.54, 1.807) is 11.8 Å². The van der Waals surface area contributed by atoms with Crippen LogP contribution in [0.4, 0.5) is 0 Å². The Balaban J connectivity index is 0. The second-order valence-corrected chi connectivity index (χ2v) is 2.71. The number of carboxylic acid groups (broad SMARTS) is 1. The topological polar surface area (TPSA) is 63.3 Å². The van der Waals surface area contributed by atoms with Gasteiger partial charge in [-0.3, -0.25) is 4.79 Å². The van der Waals surface area contributed by atoms with Gasteiger partial charge in [-0.1, -0.05) is 0 Å². The zero-order valence-electron chi connectivity index (χ0n) is 5.63. The molecule has 0 rings (SSSR count). The molecule has 0 aromatic heterocycles. The molecule has 0 aromatic carbocycles. The SMILES string of the molecule is CSCC[C@H](N)C(=O)O.[Ag]. The Hall–Kier alpha value is 0.520. The van der Waals surface area contributed by atoms with Gasteiger partial charge in [-0.15, -0.1) is 0 Å². The van der Waals surface area contributed by atoms with Gasteiger partial charge in [0.15, 0.2) is 0 Å². The van der Waals surface area contributed by atoms with E-state index in [-0.39, 0.29) is 22.4 Å². The van der Waals surface area contributed by atoms with Crippen molar-refractivity contribution in [3.05, 3.63) is 0 Å². The van der Waals surface area contributed by atoms with Gasteiger partial charge in [0.2, 0.25) is 0 Å². The maximum atomic E-state index is 10.1. The van der Waals surface area contributed by atoms with Crippen molar-refractivity contribution in [1.29, 1.82) is 0 Å². The van der Waals surface area contributed by atoms with Crippen molar-refractivity contribution in [3.8, 4) is 0 Å². The van der Waals surface area contributed by atoms with Crippen molar-refractivity contribution >= 4 is 17.7 Å². The van der Waals surface area contributed by atoms with Crippen LogP contribution in [0.2, 0.25) is 0 Å². The molecule has 0 heterocycles. The van der Waals surface area contributed by atoms with Crippen LogP contribution in [-0.4, -0.2) is 29.1 Å². The van der Waals surface area contributed by atoms with Crippen molar-refractivity contribution in [1.82, 2.24) is 0 Å². The third kappa shape index (κ3) is 6.64. The summed E-state index contributed by atoms with van der Waals surface area (Å²) in [7, 11) is 0. The van der Waals surface area contributed by atoms with Gasteiger partial charge < -0.3 is 10.8 Å². The summed E-state index contributed by atoms with van der Waals surface area (Å²) in [6.07, 6.45) is 2.48. The fourth-order valence-electron chi connectivity index (χ4n) is 0.368. The number of aliphatic carboxylic acids is 1. The number of nitrogens with two attached hydrogens (primary N) is 1. The normalized spacial score (nSPS) is 11.8. The van der Waals surface area contributed by atoms with E-state index >= 15 is 0 Å². The molecule has 1 radical (unpaired) electrons. The Bertz CT molecular complexity index is 102. The Labute approximate surface area is 80.3 Å². The first-order valence-electron chi connectivity index (χ1n) is 2.65. The number of rotatable bonds is 4. The smallest absolute Gasteiger partial charge is 0.320 e. The number of carbonyl (C=O) groups is 1. The minimum Gasteiger partial charge on any atom is -0.480 e. The van der Waals surface area contributed by atoms with E-state index in [4.69, 9.17) is 10.8 Å². The zero-order chi connectivity index (χ0) is 7.28. The summed E-state index contributed by atoms with van der Waals surface area (Å²) in [6, 6.07) is -0.683. The Morgan fingerprint density at radius 2 is 2.30 bits per heavy atom. The van der Waals surface area contributed by atoms with Crippen molar-refractivity contribution in [2.75, 3.05) is 12.0 Å². The Morgan fingerprint density at radius 1 is 1.80 bits per heavy atom. The first kappa shape index (κ1) is 13.1. The fraction of sp³-hybridized carbons (Fsp3) is 0.800. The molecule has 3 N–H and O–H groups in total. The summed E-state index contributed by atoms with van der Waals surface area (Å²) in [5.41, 5.74) is 5.19. The molecule has 10 heavy (non-hydrogen) atoms. The average Bonchev–Trinajstić information content (AvgIpc) is 1.82. The first-order chi connectivity index (χ1) is 4.18. The summed E-state index contributed by atoms with van der Waals surface area (Å²) in [4.78, 5) is 10.1. The third-order valence-electron chi connectivity index (χ3n) is 0.950. The Morgan fingerprint density at radius 3 is 2.60 bits per heavy atom. The molecule has 0 bridgehead atoms. The van der Waals surface area contributed by atoms with E-state index in [2.05, 4.69) is 0 Å². The van der Waals surface area contributed by atoms with Crippen LogP contribution in [0.3, 0.4) is 0 Å². The molecular weight excluding hydrogens is 246 g/mol. The largest absolute Gasteiger partial charge is 0.480 e. The second kappa shape index (κ2) is 7.63. The van der Waals surface area contributed by atoms with Crippen molar-refractivity contribution in [2.24, 2.45) is 5.73 Å².